The van der Waals surface area contributed by atoms with Crippen LogP contribution in [-0.4, -0.2) is 24.8 Å². The predicted molar refractivity (Wildman–Crippen MR) is 125 cm³/mol. The summed E-state index contributed by atoms with van der Waals surface area (Å²) < 4.78 is 5.63. The Morgan fingerprint density at radius 1 is 1.00 bits per heavy atom. The number of methoxy groups -OCH3 is 1. The molecular weight excluding hydrogens is 480 g/mol. The van der Waals surface area contributed by atoms with E-state index >= 15 is 0 Å². The number of ether oxygens (including phenoxy) is 1. The third-order valence-electron chi connectivity index (χ3n) is 4.68. The lowest BCUT2D eigenvalue weighted by atomic mass is 10.1. The van der Waals surface area contributed by atoms with Gasteiger partial charge in [0.25, 0.3) is 5.91 Å². The van der Waals surface area contributed by atoms with Gasteiger partial charge in [0.1, 0.15) is 11.5 Å². The third-order valence-corrected chi connectivity index (χ3v) is 5.46. The number of carbonyl (C=O) groups is 2. The molecule has 7 heteroatoms. The molecule has 31 heavy (non-hydrogen) atoms. The molecule has 0 bridgehead atoms. The predicted octanol–water partition coefficient (Wildman–Crippen LogP) is 5.72. The summed E-state index contributed by atoms with van der Waals surface area (Å²) in [6.45, 7) is 0. The summed E-state index contributed by atoms with van der Waals surface area (Å²) in [4.78, 5) is 31.1. The Labute approximate surface area is 192 Å². The van der Waals surface area contributed by atoms with E-state index in [0.717, 1.165) is 15.6 Å². The van der Waals surface area contributed by atoms with Gasteiger partial charge in [0.05, 0.1) is 18.4 Å². The van der Waals surface area contributed by atoms with Gasteiger partial charge in [-0.25, -0.2) is 9.79 Å². The summed E-state index contributed by atoms with van der Waals surface area (Å²) in [5.74, 6) is -0.147. The molecule has 0 spiro atoms. The monoisotopic (exact) mass is 494 g/mol. The van der Waals surface area contributed by atoms with Crippen LogP contribution in [0.4, 0.5) is 5.69 Å². The summed E-state index contributed by atoms with van der Waals surface area (Å²) in [6, 6.07) is 21.4. The standard InChI is InChI=1S/C24H16BrClN2O3/c1-31-24(30)17-4-2-15(3-5-17)14-21-23(29)28(20-12-8-18(25)9-13-20)22(27-21)16-6-10-19(26)11-7-16/h2-14H,1H3/b21-14+. The van der Waals surface area contributed by atoms with Crippen molar-refractivity contribution in [1.29, 1.82) is 0 Å². The first-order chi connectivity index (χ1) is 15.0. The molecule has 1 heterocycles. The second kappa shape index (κ2) is 8.88. The molecule has 1 amide bonds. The highest BCUT2D eigenvalue weighted by atomic mass is 79.9. The van der Waals surface area contributed by atoms with Crippen molar-refractivity contribution >= 4 is 57.0 Å². The van der Waals surface area contributed by atoms with Crippen LogP contribution in [0.3, 0.4) is 0 Å². The van der Waals surface area contributed by atoms with Crippen LogP contribution >= 0.6 is 27.5 Å². The topological polar surface area (TPSA) is 59.0 Å². The van der Waals surface area contributed by atoms with E-state index in [2.05, 4.69) is 20.9 Å². The van der Waals surface area contributed by atoms with Crippen molar-refractivity contribution in [2.45, 2.75) is 0 Å². The van der Waals surface area contributed by atoms with Gasteiger partial charge in [-0.3, -0.25) is 9.69 Å². The molecular formula is C24H16BrClN2O3. The van der Waals surface area contributed by atoms with Gasteiger partial charge in [0.15, 0.2) is 0 Å². The minimum Gasteiger partial charge on any atom is -0.465 e. The Balaban J connectivity index is 1.75. The molecule has 3 aromatic rings. The molecule has 0 unspecified atom stereocenters. The molecule has 1 aliphatic rings. The van der Waals surface area contributed by atoms with Gasteiger partial charge < -0.3 is 4.74 Å². The van der Waals surface area contributed by atoms with Crippen molar-refractivity contribution in [3.05, 3.63) is 105 Å². The van der Waals surface area contributed by atoms with E-state index in [0.29, 0.717) is 27.8 Å². The number of aliphatic imine (C=N–C) groups is 1. The molecule has 3 aromatic carbocycles. The Kier molecular flexibility index (Phi) is 6.02. The van der Waals surface area contributed by atoms with E-state index in [4.69, 9.17) is 16.3 Å². The average molecular weight is 496 g/mol. The number of esters is 1. The quantitative estimate of drug-likeness (QED) is 0.343. The van der Waals surface area contributed by atoms with Gasteiger partial charge in [-0.05, 0) is 72.3 Å². The number of benzene rings is 3. The second-order valence-electron chi connectivity index (χ2n) is 6.70. The van der Waals surface area contributed by atoms with Crippen molar-refractivity contribution < 1.29 is 14.3 Å². The van der Waals surface area contributed by atoms with Gasteiger partial charge in [-0.1, -0.05) is 39.7 Å². The molecule has 0 radical (unpaired) electrons. The number of halogens is 2. The highest BCUT2D eigenvalue weighted by molar-refractivity contribution is 9.10. The van der Waals surface area contributed by atoms with E-state index in [-0.39, 0.29) is 5.91 Å². The largest absolute Gasteiger partial charge is 0.465 e. The maximum absolute atomic E-state index is 13.3. The van der Waals surface area contributed by atoms with Crippen LogP contribution in [0.15, 0.2) is 88.0 Å². The van der Waals surface area contributed by atoms with Crippen LogP contribution in [0, 0.1) is 0 Å². The molecule has 1 aliphatic heterocycles. The smallest absolute Gasteiger partial charge is 0.337 e. The van der Waals surface area contributed by atoms with Crippen molar-refractivity contribution in [1.82, 2.24) is 0 Å². The third kappa shape index (κ3) is 4.45. The summed E-state index contributed by atoms with van der Waals surface area (Å²) in [5, 5.41) is 0.602. The van der Waals surface area contributed by atoms with Gasteiger partial charge in [0, 0.05) is 15.1 Å². The van der Waals surface area contributed by atoms with E-state index in [1.54, 1.807) is 47.4 Å². The lowest BCUT2D eigenvalue weighted by molar-refractivity contribution is -0.113. The number of hydrogen-bond acceptors (Lipinski definition) is 4. The fourth-order valence-corrected chi connectivity index (χ4v) is 3.52. The molecule has 0 N–H and O–H groups in total. The van der Waals surface area contributed by atoms with Gasteiger partial charge >= 0.3 is 5.97 Å². The van der Waals surface area contributed by atoms with Crippen LogP contribution < -0.4 is 4.90 Å². The summed E-state index contributed by atoms with van der Waals surface area (Å²) >= 11 is 9.45. The number of nitrogens with zero attached hydrogens (tertiary/aromatic N) is 2. The highest BCUT2D eigenvalue weighted by Crippen LogP contribution is 2.29. The number of carbonyl (C=O) groups excluding carboxylic acids is 2. The Hall–Kier alpha value is -3.22. The number of amides is 1. The molecule has 0 saturated carbocycles. The minimum absolute atomic E-state index is 0.246. The fourth-order valence-electron chi connectivity index (χ4n) is 3.13. The Morgan fingerprint density at radius 3 is 2.26 bits per heavy atom. The van der Waals surface area contributed by atoms with Crippen LogP contribution in [-0.2, 0) is 9.53 Å². The van der Waals surface area contributed by atoms with E-state index in [1.807, 2.05) is 36.4 Å². The lowest BCUT2D eigenvalue weighted by Gasteiger charge is -2.18. The molecule has 5 nitrogen and oxygen atoms in total. The van der Waals surface area contributed by atoms with Crippen LogP contribution in [0.1, 0.15) is 21.5 Å². The molecule has 0 aromatic heterocycles. The Bertz CT molecular complexity index is 1200. The summed E-state index contributed by atoms with van der Waals surface area (Å²) in [5.41, 5.74) is 2.94. The van der Waals surface area contributed by atoms with Crippen molar-refractivity contribution in [2.24, 2.45) is 4.99 Å². The Morgan fingerprint density at radius 2 is 1.65 bits per heavy atom. The first-order valence-electron chi connectivity index (χ1n) is 9.31. The van der Waals surface area contributed by atoms with Crippen LogP contribution in [0.2, 0.25) is 5.02 Å². The van der Waals surface area contributed by atoms with Gasteiger partial charge in [-0.15, -0.1) is 0 Å². The second-order valence-corrected chi connectivity index (χ2v) is 8.05. The van der Waals surface area contributed by atoms with Gasteiger partial charge in [0.2, 0.25) is 0 Å². The first-order valence-corrected chi connectivity index (χ1v) is 10.5. The number of hydrogen-bond donors (Lipinski definition) is 0. The average Bonchev–Trinajstić information content (AvgIpc) is 3.10. The van der Waals surface area contributed by atoms with E-state index in [9.17, 15) is 9.59 Å². The molecule has 0 atom stereocenters. The number of amidine groups is 1. The zero-order chi connectivity index (χ0) is 22.0. The van der Waals surface area contributed by atoms with Crippen LogP contribution in [0.5, 0.6) is 0 Å². The van der Waals surface area contributed by atoms with Crippen molar-refractivity contribution in [3.63, 3.8) is 0 Å². The maximum Gasteiger partial charge on any atom is 0.337 e. The van der Waals surface area contributed by atoms with Crippen molar-refractivity contribution in [2.75, 3.05) is 12.0 Å². The van der Waals surface area contributed by atoms with Crippen LogP contribution in [0.25, 0.3) is 6.08 Å². The zero-order valence-electron chi connectivity index (χ0n) is 16.4. The molecule has 0 fully saturated rings. The van der Waals surface area contributed by atoms with Gasteiger partial charge in [-0.2, -0.15) is 0 Å². The lowest BCUT2D eigenvalue weighted by Crippen LogP contribution is -2.32. The molecule has 0 aliphatic carbocycles. The van der Waals surface area contributed by atoms with Crippen molar-refractivity contribution in [3.8, 4) is 0 Å². The highest BCUT2D eigenvalue weighted by Gasteiger charge is 2.32. The number of anilines is 1. The summed E-state index contributed by atoms with van der Waals surface area (Å²) in [6.07, 6.45) is 1.69. The zero-order valence-corrected chi connectivity index (χ0v) is 18.7. The maximum atomic E-state index is 13.3. The normalized spacial score (nSPS) is 14.7. The minimum atomic E-state index is -0.416. The molecule has 4 rings (SSSR count). The molecule has 154 valence electrons. The fraction of sp³-hybridized carbons (Fsp3) is 0.0417. The number of rotatable bonds is 4. The van der Waals surface area contributed by atoms with E-state index < -0.39 is 5.97 Å². The summed E-state index contributed by atoms with van der Waals surface area (Å²) in [7, 11) is 1.33. The van der Waals surface area contributed by atoms with E-state index in [1.165, 1.54) is 7.11 Å². The SMILES string of the molecule is COC(=O)c1ccc(/C=C2/N=C(c3ccc(Cl)cc3)N(c3ccc(Br)cc3)C2=O)cc1. The molecule has 0 saturated heterocycles. The first kappa shape index (κ1) is 21.0.